The standard InChI is InChI=1S/C17H36O2/c1-13(2)10-11-19-17(8,9)16(6,7)15(5)12-18-14(3)4/h13-15H,10-12H2,1-9H3. The molecule has 116 valence electrons. The molecule has 0 rings (SSSR count). The van der Waals surface area contributed by atoms with E-state index in [2.05, 4.69) is 62.3 Å². The molecule has 0 saturated carbocycles. The molecule has 0 aromatic carbocycles. The zero-order chi connectivity index (χ0) is 15.3. The van der Waals surface area contributed by atoms with E-state index < -0.39 is 0 Å². The third-order valence-electron chi connectivity index (χ3n) is 4.62. The lowest BCUT2D eigenvalue weighted by Gasteiger charge is -2.45. The van der Waals surface area contributed by atoms with Crippen LogP contribution in [0.25, 0.3) is 0 Å². The minimum absolute atomic E-state index is 0.0822. The maximum Gasteiger partial charge on any atom is 0.0680 e. The second-order valence-corrected chi connectivity index (χ2v) is 7.55. The summed E-state index contributed by atoms with van der Waals surface area (Å²) in [5.74, 6) is 1.16. The van der Waals surface area contributed by atoms with Crippen LogP contribution in [0.1, 0.15) is 68.7 Å². The van der Waals surface area contributed by atoms with Crippen molar-refractivity contribution in [2.75, 3.05) is 13.2 Å². The lowest BCUT2D eigenvalue weighted by atomic mass is 9.68. The third kappa shape index (κ3) is 6.27. The second kappa shape index (κ2) is 7.64. The molecule has 0 bridgehead atoms. The van der Waals surface area contributed by atoms with Crippen LogP contribution in [0.15, 0.2) is 0 Å². The summed E-state index contributed by atoms with van der Waals surface area (Å²) >= 11 is 0. The fourth-order valence-corrected chi connectivity index (χ4v) is 1.87. The van der Waals surface area contributed by atoms with Crippen molar-refractivity contribution in [1.82, 2.24) is 0 Å². The highest BCUT2D eigenvalue weighted by molar-refractivity contribution is 4.91. The second-order valence-electron chi connectivity index (χ2n) is 7.55. The number of rotatable bonds is 9. The molecule has 0 N–H and O–H groups in total. The minimum Gasteiger partial charge on any atom is -0.378 e. The average molecular weight is 272 g/mol. The molecule has 1 unspecified atom stereocenters. The van der Waals surface area contributed by atoms with Crippen LogP contribution < -0.4 is 0 Å². The smallest absolute Gasteiger partial charge is 0.0680 e. The van der Waals surface area contributed by atoms with E-state index in [1.165, 1.54) is 0 Å². The molecule has 0 heterocycles. The van der Waals surface area contributed by atoms with Crippen LogP contribution >= 0.6 is 0 Å². The maximum absolute atomic E-state index is 6.18. The van der Waals surface area contributed by atoms with Crippen LogP contribution in [0, 0.1) is 17.3 Å². The topological polar surface area (TPSA) is 18.5 Å². The molecule has 0 aliphatic rings. The van der Waals surface area contributed by atoms with E-state index in [4.69, 9.17) is 9.47 Å². The van der Waals surface area contributed by atoms with Gasteiger partial charge in [-0.1, -0.05) is 34.6 Å². The van der Waals surface area contributed by atoms with E-state index in [-0.39, 0.29) is 11.0 Å². The molecule has 0 spiro atoms. The minimum atomic E-state index is -0.137. The highest BCUT2D eigenvalue weighted by Crippen LogP contribution is 2.41. The quantitative estimate of drug-likeness (QED) is 0.593. The first kappa shape index (κ1) is 18.9. The molecule has 19 heavy (non-hydrogen) atoms. The van der Waals surface area contributed by atoms with Gasteiger partial charge in [0.15, 0.2) is 0 Å². The van der Waals surface area contributed by atoms with Crippen LogP contribution in [0.2, 0.25) is 0 Å². The molecular weight excluding hydrogens is 236 g/mol. The van der Waals surface area contributed by atoms with E-state index in [1.54, 1.807) is 0 Å². The van der Waals surface area contributed by atoms with Crippen LogP contribution in [-0.4, -0.2) is 24.9 Å². The molecule has 2 heteroatoms. The highest BCUT2D eigenvalue weighted by atomic mass is 16.5. The van der Waals surface area contributed by atoms with E-state index in [0.717, 1.165) is 19.6 Å². The van der Waals surface area contributed by atoms with Gasteiger partial charge in [-0.25, -0.2) is 0 Å². The van der Waals surface area contributed by atoms with Gasteiger partial charge in [-0.15, -0.1) is 0 Å². The first-order valence-electron chi connectivity index (χ1n) is 7.76. The van der Waals surface area contributed by atoms with Gasteiger partial charge in [0, 0.05) is 6.61 Å². The number of ether oxygens (including phenoxy) is 2. The van der Waals surface area contributed by atoms with Crippen molar-refractivity contribution in [3.8, 4) is 0 Å². The van der Waals surface area contributed by atoms with Gasteiger partial charge in [0.1, 0.15) is 0 Å². The summed E-state index contributed by atoms with van der Waals surface area (Å²) in [5.41, 5.74) is -0.0550. The third-order valence-corrected chi connectivity index (χ3v) is 4.62. The van der Waals surface area contributed by atoms with Gasteiger partial charge in [0.05, 0.1) is 18.3 Å². The summed E-state index contributed by atoms with van der Waals surface area (Å²) < 4.78 is 11.9. The predicted octanol–water partition coefficient (Wildman–Crippen LogP) is 4.92. The van der Waals surface area contributed by atoms with Gasteiger partial charge in [-0.05, 0) is 51.4 Å². The van der Waals surface area contributed by atoms with Gasteiger partial charge < -0.3 is 9.47 Å². The maximum atomic E-state index is 6.18. The van der Waals surface area contributed by atoms with Gasteiger partial charge in [-0.2, -0.15) is 0 Å². The molecule has 0 radical (unpaired) electrons. The highest BCUT2D eigenvalue weighted by Gasteiger charge is 2.42. The Balaban J connectivity index is 4.47. The Morgan fingerprint density at radius 1 is 0.895 bits per heavy atom. The van der Waals surface area contributed by atoms with E-state index in [1.807, 2.05) is 0 Å². The van der Waals surface area contributed by atoms with Gasteiger partial charge >= 0.3 is 0 Å². The van der Waals surface area contributed by atoms with E-state index in [0.29, 0.717) is 17.9 Å². The molecule has 2 nitrogen and oxygen atoms in total. The van der Waals surface area contributed by atoms with E-state index in [9.17, 15) is 0 Å². The molecule has 0 fully saturated rings. The first-order chi connectivity index (χ1) is 8.50. The van der Waals surface area contributed by atoms with Gasteiger partial charge in [-0.3, -0.25) is 0 Å². The van der Waals surface area contributed by atoms with Gasteiger partial charge in [0.2, 0.25) is 0 Å². The Kier molecular flexibility index (Phi) is 7.60. The molecule has 0 saturated heterocycles. The lowest BCUT2D eigenvalue weighted by Crippen LogP contribution is -2.47. The van der Waals surface area contributed by atoms with Crippen molar-refractivity contribution in [1.29, 1.82) is 0 Å². The lowest BCUT2D eigenvalue weighted by molar-refractivity contribution is -0.133. The summed E-state index contributed by atoms with van der Waals surface area (Å²) in [7, 11) is 0. The zero-order valence-corrected chi connectivity index (χ0v) is 14.7. The molecule has 0 aromatic heterocycles. The average Bonchev–Trinajstić information content (AvgIpc) is 2.24. The predicted molar refractivity (Wildman–Crippen MR) is 83.5 cm³/mol. The molecule has 0 amide bonds. The fourth-order valence-electron chi connectivity index (χ4n) is 1.87. The summed E-state index contributed by atoms with van der Waals surface area (Å²) in [6, 6.07) is 0. The Morgan fingerprint density at radius 3 is 1.84 bits per heavy atom. The SMILES string of the molecule is CC(C)CCOC(C)(C)C(C)(C)C(C)COC(C)C. The Bertz CT molecular complexity index is 242. The monoisotopic (exact) mass is 272 g/mol. The molecule has 0 aliphatic heterocycles. The van der Waals surface area contributed by atoms with Crippen molar-refractivity contribution in [3.63, 3.8) is 0 Å². The Hall–Kier alpha value is -0.0800. The van der Waals surface area contributed by atoms with Crippen LogP contribution in [0.3, 0.4) is 0 Å². The molecule has 1 atom stereocenters. The Morgan fingerprint density at radius 2 is 1.42 bits per heavy atom. The van der Waals surface area contributed by atoms with Crippen molar-refractivity contribution in [2.24, 2.45) is 17.3 Å². The van der Waals surface area contributed by atoms with Crippen molar-refractivity contribution < 1.29 is 9.47 Å². The molecule has 0 aromatic rings. The van der Waals surface area contributed by atoms with Crippen LogP contribution in [0.5, 0.6) is 0 Å². The molecule has 0 aliphatic carbocycles. The van der Waals surface area contributed by atoms with Crippen LogP contribution in [-0.2, 0) is 9.47 Å². The van der Waals surface area contributed by atoms with Crippen molar-refractivity contribution in [3.05, 3.63) is 0 Å². The number of hydrogen-bond acceptors (Lipinski definition) is 2. The number of hydrogen-bond donors (Lipinski definition) is 0. The van der Waals surface area contributed by atoms with Crippen molar-refractivity contribution >= 4 is 0 Å². The van der Waals surface area contributed by atoms with E-state index >= 15 is 0 Å². The normalized spacial score (nSPS) is 15.3. The first-order valence-corrected chi connectivity index (χ1v) is 7.76. The fraction of sp³-hybridized carbons (Fsp3) is 1.00. The van der Waals surface area contributed by atoms with Crippen molar-refractivity contribution in [2.45, 2.75) is 80.4 Å². The Labute approximate surface area is 121 Å². The molecular formula is C17H36O2. The van der Waals surface area contributed by atoms with Crippen LogP contribution in [0.4, 0.5) is 0 Å². The summed E-state index contributed by atoms with van der Waals surface area (Å²) in [6.45, 7) is 21.5. The summed E-state index contributed by atoms with van der Waals surface area (Å²) in [6.07, 6.45) is 1.42. The zero-order valence-electron chi connectivity index (χ0n) is 14.7. The largest absolute Gasteiger partial charge is 0.378 e. The summed E-state index contributed by atoms with van der Waals surface area (Å²) in [4.78, 5) is 0. The summed E-state index contributed by atoms with van der Waals surface area (Å²) in [5, 5.41) is 0. The van der Waals surface area contributed by atoms with Gasteiger partial charge in [0.25, 0.3) is 0 Å².